The molecule has 3 aromatic rings. The fourth-order valence-corrected chi connectivity index (χ4v) is 5.64. The van der Waals surface area contributed by atoms with Gasteiger partial charge in [-0.1, -0.05) is 30.3 Å². The van der Waals surface area contributed by atoms with Crippen molar-refractivity contribution in [1.29, 1.82) is 0 Å². The first-order chi connectivity index (χ1) is 16.1. The van der Waals surface area contributed by atoms with Crippen LogP contribution in [0, 0.1) is 19.8 Å². The van der Waals surface area contributed by atoms with Crippen LogP contribution in [0.5, 0.6) is 0 Å². The third-order valence-electron chi connectivity index (χ3n) is 6.70. The van der Waals surface area contributed by atoms with Crippen molar-refractivity contribution < 1.29 is 9.53 Å². The van der Waals surface area contributed by atoms with Crippen molar-refractivity contribution in [3.05, 3.63) is 52.7 Å². The Bertz CT molecular complexity index is 1060. The second-order valence-electron chi connectivity index (χ2n) is 8.83. The van der Waals surface area contributed by atoms with E-state index in [1.807, 2.05) is 11.0 Å². The minimum absolute atomic E-state index is 0.0671. The summed E-state index contributed by atoms with van der Waals surface area (Å²) in [7, 11) is 1.70. The highest BCUT2D eigenvalue weighted by molar-refractivity contribution is 7.18. The molecule has 1 aliphatic heterocycles. The number of carbonyl (C=O) groups excluding carboxylic acids is 1. The minimum atomic E-state index is 0.0671. The smallest absolute Gasteiger partial charge is 0.225 e. The maximum Gasteiger partial charge on any atom is 0.225 e. The molecule has 4 rings (SSSR count). The molecule has 1 aromatic carbocycles. The fraction of sp³-hybridized carbons (Fsp3) is 0.500. The lowest BCUT2D eigenvalue weighted by atomic mass is 9.94. The molecule has 3 heterocycles. The average molecular weight is 467 g/mol. The van der Waals surface area contributed by atoms with E-state index in [9.17, 15) is 4.79 Å². The predicted molar refractivity (Wildman–Crippen MR) is 135 cm³/mol. The average Bonchev–Trinajstić information content (AvgIpc) is 3.15. The largest absolute Gasteiger partial charge is 0.383 e. The number of aryl methyl sites for hydroxylation is 3. The summed E-state index contributed by atoms with van der Waals surface area (Å²) in [6.07, 6.45) is 5.33. The molecule has 0 radical (unpaired) electrons. The van der Waals surface area contributed by atoms with E-state index in [-0.39, 0.29) is 11.8 Å². The topological polar surface area (TPSA) is 58.6 Å². The van der Waals surface area contributed by atoms with Crippen LogP contribution >= 0.6 is 11.3 Å². The molecule has 2 aromatic heterocycles. The molecule has 0 saturated carbocycles. The number of aromatic nitrogens is 2. The Balaban J connectivity index is 1.37. The third kappa shape index (κ3) is 5.53. The lowest BCUT2D eigenvalue weighted by molar-refractivity contribution is -0.136. The van der Waals surface area contributed by atoms with E-state index in [0.717, 1.165) is 56.0 Å². The Morgan fingerprint density at radius 2 is 1.91 bits per heavy atom. The number of hydrogen-bond donors (Lipinski definition) is 0. The van der Waals surface area contributed by atoms with Gasteiger partial charge < -0.3 is 14.5 Å². The maximum absolute atomic E-state index is 13.4. The minimum Gasteiger partial charge on any atom is -0.383 e. The van der Waals surface area contributed by atoms with Crippen LogP contribution in [-0.4, -0.2) is 60.7 Å². The summed E-state index contributed by atoms with van der Waals surface area (Å²) < 4.78 is 5.29. The molecule has 7 heteroatoms. The molecule has 0 aliphatic carbocycles. The van der Waals surface area contributed by atoms with Crippen LogP contribution in [0.2, 0.25) is 0 Å². The van der Waals surface area contributed by atoms with Gasteiger partial charge in [0.25, 0.3) is 0 Å². The summed E-state index contributed by atoms with van der Waals surface area (Å²) in [6.45, 7) is 7.99. The number of fused-ring (bicyclic) bond motifs is 1. The first kappa shape index (κ1) is 23.6. The van der Waals surface area contributed by atoms with E-state index in [2.05, 4.69) is 53.0 Å². The normalized spacial score (nSPS) is 14.7. The first-order valence-corrected chi connectivity index (χ1v) is 12.7. The van der Waals surface area contributed by atoms with Gasteiger partial charge >= 0.3 is 0 Å². The summed E-state index contributed by atoms with van der Waals surface area (Å²) in [5, 5.41) is 1.17. The Morgan fingerprint density at radius 3 is 2.64 bits per heavy atom. The molecule has 0 bridgehead atoms. The number of nitrogens with zero attached hydrogens (tertiary/aromatic N) is 4. The number of amides is 1. The molecule has 33 heavy (non-hydrogen) atoms. The molecule has 0 atom stereocenters. The summed E-state index contributed by atoms with van der Waals surface area (Å²) in [5.74, 6) is 1.36. The van der Waals surface area contributed by atoms with Crippen LogP contribution in [0.1, 0.15) is 35.3 Å². The van der Waals surface area contributed by atoms with E-state index < -0.39 is 0 Å². The molecular weight excluding hydrogens is 432 g/mol. The van der Waals surface area contributed by atoms with E-state index in [1.54, 1.807) is 24.8 Å². The van der Waals surface area contributed by atoms with Crippen molar-refractivity contribution in [1.82, 2.24) is 14.9 Å². The number of hydrogen-bond acceptors (Lipinski definition) is 6. The van der Waals surface area contributed by atoms with Gasteiger partial charge in [-0.15, -0.1) is 11.3 Å². The molecule has 0 unspecified atom stereocenters. The molecule has 0 N–H and O–H groups in total. The predicted octanol–water partition coefficient (Wildman–Crippen LogP) is 4.63. The zero-order valence-corrected chi connectivity index (χ0v) is 20.7. The highest BCUT2D eigenvalue weighted by atomic mass is 32.1. The molecule has 1 amide bonds. The van der Waals surface area contributed by atoms with Gasteiger partial charge in [0.1, 0.15) is 17.0 Å². The van der Waals surface area contributed by atoms with Gasteiger partial charge in [0.05, 0.1) is 12.0 Å². The Morgan fingerprint density at radius 1 is 1.15 bits per heavy atom. The molecule has 1 aliphatic rings. The van der Waals surface area contributed by atoms with Crippen molar-refractivity contribution in [2.45, 2.75) is 39.5 Å². The quantitative estimate of drug-likeness (QED) is 0.460. The summed E-state index contributed by atoms with van der Waals surface area (Å²) in [5.41, 5.74) is 2.59. The second-order valence-corrected chi connectivity index (χ2v) is 10.0. The van der Waals surface area contributed by atoms with Crippen molar-refractivity contribution in [2.24, 2.45) is 5.92 Å². The van der Waals surface area contributed by atoms with Crippen LogP contribution in [0.4, 0.5) is 5.82 Å². The number of carbonyl (C=O) groups is 1. The van der Waals surface area contributed by atoms with Crippen LogP contribution in [0.3, 0.4) is 0 Å². The molecule has 1 saturated heterocycles. The second kappa shape index (κ2) is 11.1. The van der Waals surface area contributed by atoms with E-state index in [4.69, 9.17) is 4.74 Å². The van der Waals surface area contributed by atoms with Crippen LogP contribution in [0.15, 0.2) is 36.7 Å². The van der Waals surface area contributed by atoms with Crippen molar-refractivity contribution >= 4 is 33.3 Å². The maximum atomic E-state index is 13.4. The molecule has 1 fully saturated rings. The van der Waals surface area contributed by atoms with Gasteiger partial charge in [0, 0.05) is 44.1 Å². The number of methoxy groups -OCH3 is 1. The number of ether oxygens (including phenoxy) is 1. The summed E-state index contributed by atoms with van der Waals surface area (Å²) in [6, 6.07) is 10.5. The standard InChI is InChI=1S/C26H34N4O2S/c1-19-20(2)33-25-23(19)24(27-18-28-25)29-14-11-22(12-15-29)26(31)30(16-17-32-3)13-7-10-21-8-5-4-6-9-21/h4-6,8-9,18,22H,7,10-17H2,1-3H3. The molecule has 0 spiro atoms. The van der Waals surface area contributed by atoms with Gasteiger partial charge in [-0.3, -0.25) is 4.79 Å². The first-order valence-electron chi connectivity index (χ1n) is 11.9. The Kier molecular flexibility index (Phi) is 7.93. The van der Waals surface area contributed by atoms with E-state index >= 15 is 0 Å². The lowest BCUT2D eigenvalue weighted by Gasteiger charge is -2.35. The van der Waals surface area contributed by atoms with Gasteiger partial charge in [-0.25, -0.2) is 9.97 Å². The van der Waals surface area contributed by atoms with Gasteiger partial charge in [0.15, 0.2) is 0 Å². The number of rotatable bonds is 9. The Labute approximate surface area is 200 Å². The van der Waals surface area contributed by atoms with Crippen LogP contribution < -0.4 is 4.90 Å². The Hall–Kier alpha value is -2.51. The van der Waals surface area contributed by atoms with E-state index in [0.29, 0.717) is 13.2 Å². The van der Waals surface area contributed by atoms with E-state index in [1.165, 1.54) is 21.4 Å². The van der Waals surface area contributed by atoms with Crippen LogP contribution in [0.25, 0.3) is 10.2 Å². The third-order valence-corrected chi connectivity index (χ3v) is 7.82. The number of thiophene rings is 1. The van der Waals surface area contributed by atoms with Gasteiger partial charge in [-0.2, -0.15) is 0 Å². The molecule has 176 valence electrons. The molecule has 6 nitrogen and oxygen atoms in total. The van der Waals surface area contributed by atoms with Gasteiger partial charge in [0.2, 0.25) is 5.91 Å². The number of anilines is 1. The fourth-order valence-electron chi connectivity index (χ4n) is 4.65. The van der Waals surface area contributed by atoms with Gasteiger partial charge in [-0.05, 0) is 50.7 Å². The monoisotopic (exact) mass is 466 g/mol. The van der Waals surface area contributed by atoms with Crippen molar-refractivity contribution in [3.8, 4) is 0 Å². The summed E-state index contributed by atoms with van der Waals surface area (Å²) >= 11 is 1.73. The van der Waals surface area contributed by atoms with Crippen molar-refractivity contribution in [3.63, 3.8) is 0 Å². The summed E-state index contributed by atoms with van der Waals surface area (Å²) in [4.78, 5) is 29.2. The SMILES string of the molecule is COCCN(CCCc1ccccc1)C(=O)C1CCN(c2ncnc3sc(C)c(C)c23)CC1. The highest BCUT2D eigenvalue weighted by Gasteiger charge is 2.30. The highest BCUT2D eigenvalue weighted by Crippen LogP contribution is 2.35. The van der Waals surface area contributed by atoms with Crippen LogP contribution in [-0.2, 0) is 16.0 Å². The molecular formula is C26H34N4O2S. The zero-order chi connectivity index (χ0) is 23.2. The van der Waals surface area contributed by atoms with Crippen molar-refractivity contribution in [2.75, 3.05) is 44.8 Å². The zero-order valence-electron chi connectivity index (χ0n) is 19.9. The number of piperidine rings is 1. The number of benzene rings is 1. The lowest BCUT2D eigenvalue weighted by Crippen LogP contribution is -2.44.